The van der Waals surface area contributed by atoms with Gasteiger partial charge in [-0.1, -0.05) is 30.3 Å². The van der Waals surface area contributed by atoms with Gasteiger partial charge in [0.05, 0.1) is 18.7 Å². The number of rotatable bonds is 6. The first-order chi connectivity index (χ1) is 17.2. The minimum absolute atomic E-state index is 0.0431. The molecule has 4 aromatic rings. The van der Waals surface area contributed by atoms with Gasteiger partial charge >= 0.3 is 0 Å². The van der Waals surface area contributed by atoms with E-state index < -0.39 is 0 Å². The Hall–Kier alpha value is -3.77. The number of amides is 1. The van der Waals surface area contributed by atoms with Crippen LogP contribution in [-0.4, -0.2) is 47.1 Å². The van der Waals surface area contributed by atoms with Crippen LogP contribution in [0.5, 0.6) is 0 Å². The van der Waals surface area contributed by atoms with Crippen LogP contribution in [-0.2, 0) is 17.7 Å². The Morgan fingerprint density at radius 1 is 1.09 bits per heavy atom. The summed E-state index contributed by atoms with van der Waals surface area (Å²) in [5.41, 5.74) is 6.02. The Bertz CT molecular complexity index is 1310. The first-order valence-electron chi connectivity index (χ1n) is 12.1. The first kappa shape index (κ1) is 23.0. The van der Waals surface area contributed by atoms with Crippen molar-refractivity contribution < 1.29 is 9.53 Å². The molecule has 1 unspecified atom stereocenters. The Kier molecular flexibility index (Phi) is 7.00. The standard InChI is InChI=1S/C29H30N4O2/c1-21-8-9-26(15-28(21)32-17-22-5-4-10-30-16-22)29(34)33-11-12-35-20-24(19-33)13-23-14-25-6-2-3-7-27(25)31-18-23/h2-10,14-16,18,24,32H,11-13,17,19-20H2,1H3. The van der Waals surface area contributed by atoms with Gasteiger partial charge < -0.3 is 15.0 Å². The summed E-state index contributed by atoms with van der Waals surface area (Å²) >= 11 is 0. The minimum Gasteiger partial charge on any atom is -0.381 e. The number of aromatic nitrogens is 2. The molecule has 35 heavy (non-hydrogen) atoms. The topological polar surface area (TPSA) is 67.4 Å². The van der Waals surface area contributed by atoms with Crippen molar-refractivity contribution in [2.75, 3.05) is 31.6 Å². The number of pyridine rings is 2. The van der Waals surface area contributed by atoms with Gasteiger partial charge in [0.2, 0.25) is 0 Å². The van der Waals surface area contributed by atoms with Gasteiger partial charge in [-0.2, -0.15) is 0 Å². The van der Waals surface area contributed by atoms with E-state index in [1.165, 1.54) is 5.56 Å². The lowest BCUT2D eigenvalue weighted by Gasteiger charge is -2.24. The van der Waals surface area contributed by atoms with Crippen molar-refractivity contribution in [1.29, 1.82) is 0 Å². The van der Waals surface area contributed by atoms with Crippen LogP contribution in [0.2, 0.25) is 0 Å². The third kappa shape index (κ3) is 5.66. The first-order valence-corrected chi connectivity index (χ1v) is 12.1. The molecular weight excluding hydrogens is 436 g/mol. The van der Waals surface area contributed by atoms with Gasteiger partial charge in [-0.05, 0) is 60.4 Å². The zero-order valence-corrected chi connectivity index (χ0v) is 20.0. The van der Waals surface area contributed by atoms with E-state index in [-0.39, 0.29) is 11.8 Å². The van der Waals surface area contributed by atoms with Crippen molar-refractivity contribution in [3.63, 3.8) is 0 Å². The van der Waals surface area contributed by atoms with E-state index in [4.69, 9.17) is 4.74 Å². The van der Waals surface area contributed by atoms with Crippen molar-refractivity contribution >= 4 is 22.5 Å². The molecule has 1 amide bonds. The number of nitrogens with one attached hydrogen (secondary N) is 1. The summed E-state index contributed by atoms with van der Waals surface area (Å²) in [6.07, 6.45) is 6.38. The van der Waals surface area contributed by atoms with Crippen LogP contribution in [0.4, 0.5) is 5.69 Å². The molecule has 6 nitrogen and oxygen atoms in total. The lowest BCUT2D eigenvalue weighted by Crippen LogP contribution is -2.36. The number of para-hydroxylation sites is 1. The summed E-state index contributed by atoms with van der Waals surface area (Å²) in [5.74, 6) is 0.264. The molecule has 0 spiro atoms. The second-order valence-electron chi connectivity index (χ2n) is 9.18. The van der Waals surface area contributed by atoms with Gasteiger partial charge in [-0.3, -0.25) is 14.8 Å². The summed E-state index contributed by atoms with van der Waals surface area (Å²) in [7, 11) is 0. The summed E-state index contributed by atoms with van der Waals surface area (Å²) < 4.78 is 5.88. The average molecular weight is 467 g/mol. The minimum atomic E-state index is 0.0431. The Morgan fingerprint density at radius 3 is 2.89 bits per heavy atom. The van der Waals surface area contributed by atoms with E-state index in [9.17, 15) is 4.79 Å². The third-order valence-electron chi connectivity index (χ3n) is 6.49. The van der Waals surface area contributed by atoms with Crippen molar-refractivity contribution in [2.45, 2.75) is 19.9 Å². The van der Waals surface area contributed by atoms with Crippen LogP contribution in [0, 0.1) is 12.8 Å². The van der Waals surface area contributed by atoms with Crippen LogP contribution in [0.25, 0.3) is 10.9 Å². The molecule has 1 N–H and O–H groups in total. The largest absolute Gasteiger partial charge is 0.381 e. The number of nitrogens with zero attached hydrogens (tertiary/aromatic N) is 3. The molecule has 3 heterocycles. The lowest BCUT2D eigenvalue weighted by atomic mass is 9.99. The number of aryl methyl sites for hydroxylation is 1. The van der Waals surface area contributed by atoms with Crippen molar-refractivity contribution in [1.82, 2.24) is 14.9 Å². The normalized spacial score (nSPS) is 16.1. The van der Waals surface area contributed by atoms with Crippen LogP contribution in [0.3, 0.4) is 0 Å². The summed E-state index contributed by atoms with van der Waals surface area (Å²) in [4.78, 5) is 24.2. The summed E-state index contributed by atoms with van der Waals surface area (Å²) in [6.45, 7) is 5.16. The highest BCUT2D eigenvalue weighted by molar-refractivity contribution is 5.95. The molecule has 1 aliphatic rings. The molecule has 1 saturated heterocycles. The van der Waals surface area contributed by atoms with Gasteiger partial charge in [0.1, 0.15) is 0 Å². The molecule has 5 rings (SSSR count). The smallest absolute Gasteiger partial charge is 0.254 e. The maximum Gasteiger partial charge on any atom is 0.254 e. The molecule has 1 fully saturated rings. The Labute approximate surface area is 206 Å². The zero-order valence-electron chi connectivity index (χ0n) is 20.0. The molecular formula is C29H30N4O2. The summed E-state index contributed by atoms with van der Waals surface area (Å²) in [5, 5.41) is 4.59. The molecule has 1 aliphatic heterocycles. The molecule has 0 aliphatic carbocycles. The van der Waals surface area contributed by atoms with Crippen molar-refractivity contribution in [3.05, 3.63) is 102 Å². The molecule has 0 radical (unpaired) electrons. The van der Waals surface area contributed by atoms with Crippen molar-refractivity contribution in [2.24, 2.45) is 5.92 Å². The highest BCUT2D eigenvalue weighted by Gasteiger charge is 2.24. The molecule has 178 valence electrons. The monoisotopic (exact) mass is 466 g/mol. The number of carbonyl (C=O) groups excluding carboxylic acids is 1. The zero-order chi connectivity index (χ0) is 24.0. The maximum atomic E-state index is 13.5. The second-order valence-corrected chi connectivity index (χ2v) is 9.18. The van der Waals surface area contributed by atoms with Gasteiger partial charge in [0.25, 0.3) is 5.91 Å². The predicted octanol–water partition coefficient (Wildman–Crippen LogP) is 4.88. The van der Waals surface area contributed by atoms with Gasteiger partial charge in [0.15, 0.2) is 0 Å². The fourth-order valence-electron chi connectivity index (χ4n) is 4.58. The number of anilines is 1. The summed E-state index contributed by atoms with van der Waals surface area (Å²) in [6, 6.07) is 20.2. The molecule has 1 atom stereocenters. The molecule has 0 saturated carbocycles. The second kappa shape index (κ2) is 10.7. The van der Waals surface area contributed by atoms with E-state index >= 15 is 0 Å². The van der Waals surface area contributed by atoms with Crippen LogP contribution < -0.4 is 5.32 Å². The number of hydrogen-bond acceptors (Lipinski definition) is 5. The van der Waals surface area contributed by atoms with E-state index in [2.05, 4.69) is 27.4 Å². The number of hydrogen-bond donors (Lipinski definition) is 1. The fraction of sp³-hybridized carbons (Fsp3) is 0.276. The molecule has 2 aromatic carbocycles. The van der Waals surface area contributed by atoms with Crippen LogP contribution in [0.1, 0.15) is 27.0 Å². The third-order valence-corrected chi connectivity index (χ3v) is 6.49. The maximum absolute atomic E-state index is 13.5. The van der Waals surface area contributed by atoms with E-state index in [0.29, 0.717) is 38.4 Å². The fourth-order valence-corrected chi connectivity index (χ4v) is 4.58. The number of benzene rings is 2. The van der Waals surface area contributed by atoms with E-state index in [0.717, 1.165) is 34.1 Å². The molecule has 2 aromatic heterocycles. The van der Waals surface area contributed by atoms with Gasteiger partial charge in [-0.25, -0.2) is 0 Å². The highest BCUT2D eigenvalue weighted by atomic mass is 16.5. The Morgan fingerprint density at radius 2 is 2.00 bits per heavy atom. The highest BCUT2D eigenvalue weighted by Crippen LogP contribution is 2.22. The van der Waals surface area contributed by atoms with Gasteiger partial charge in [0, 0.05) is 60.8 Å². The Balaban J connectivity index is 1.28. The van der Waals surface area contributed by atoms with Gasteiger partial charge in [-0.15, -0.1) is 0 Å². The van der Waals surface area contributed by atoms with E-state index in [1.54, 1.807) is 6.20 Å². The van der Waals surface area contributed by atoms with Crippen LogP contribution >= 0.6 is 0 Å². The van der Waals surface area contributed by atoms with Crippen LogP contribution in [0.15, 0.2) is 79.3 Å². The lowest BCUT2D eigenvalue weighted by molar-refractivity contribution is 0.0737. The molecule has 6 heteroatoms. The number of fused-ring (bicyclic) bond motifs is 1. The SMILES string of the molecule is Cc1ccc(C(=O)N2CCOCC(Cc3cnc4ccccc4c3)C2)cc1NCc1cccnc1. The number of ether oxygens (including phenoxy) is 1. The number of carbonyl (C=O) groups is 1. The quantitative estimate of drug-likeness (QED) is 0.439. The predicted molar refractivity (Wildman–Crippen MR) is 138 cm³/mol. The molecule has 0 bridgehead atoms. The van der Waals surface area contributed by atoms with Crippen molar-refractivity contribution in [3.8, 4) is 0 Å². The van der Waals surface area contributed by atoms with E-state index in [1.807, 2.05) is 72.7 Å². The average Bonchev–Trinajstić information content (AvgIpc) is 3.14.